The molecule has 2 amide bonds. The molecule has 2 N–H and O–H groups in total. The van der Waals surface area contributed by atoms with Crippen LogP contribution in [0.25, 0.3) is 10.9 Å². The Kier molecular flexibility index (Phi) is 5.87. The summed E-state index contributed by atoms with van der Waals surface area (Å²) in [7, 11) is 0. The Morgan fingerprint density at radius 1 is 1.32 bits per heavy atom. The van der Waals surface area contributed by atoms with E-state index in [1.807, 2.05) is 24.8 Å². The molecule has 0 spiro atoms. The van der Waals surface area contributed by atoms with Crippen molar-refractivity contribution in [3.63, 3.8) is 0 Å². The van der Waals surface area contributed by atoms with E-state index in [2.05, 4.69) is 35.4 Å². The number of rotatable bonds is 3. The summed E-state index contributed by atoms with van der Waals surface area (Å²) in [6.07, 6.45) is 3.07. The number of benzene rings is 1. The number of hydrogen-bond donors (Lipinski definition) is 2. The van der Waals surface area contributed by atoms with Gasteiger partial charge in [-0.25, -0.2) is 4.79 Å². The van der Waals surface area contributed by atoms with Gasteiger partial charge in [-0.15, -0.1) is 0 Å². The highest BCUT2D eigenvalue weighted by Gasteiger charge is 2.23. The molecule has 3 rings (SSSR count). The molecule has 0 saturated carbocycles. The highest BCUT2D eigenvalue weighted by Crippen LogP contribution is 2.27. The Morgan fingerprint density at radius 3 is 2.86 bits per heavy atom. The van der Waals surface area contributed by atoms with Crippen molar-refractivity contribution in [1.29, 1.82) is 0 Å². The summed E-state index contributed by atoms with van der Waals surface area (Å²) in [6.45, 7) is 8.38. The summed E-state index contributed by atoms with van der Waals surface area (Å²) in [5, 5.41) is 4.29. The van der Waals surface area contributed by atoms with Gasteiger partial charge in [-0.05, 0) is 24.5 Å². The summed E-state index contributed by atoms with van der Waals surface area (Å²) in [5.41, 5.74) is 3.73. The highest BCUT2D eigenvalue weighted by molar-refractivity contribution is 5.85. The van der Waals surface area contributed by atoms with Crippen molar-refractivity contribution < 1.29 is 4.79 Å². The van der Waals surface area contributed by atoms with Crippen LogP contribution in [0.3, 0.4) is 0 Å². The second-order valence-electron chi connectivity index (χ2n) is 5.38. The van der Waals surface area contributed by atoms with Crippen molar-refractivity contribution in [1.82, 2.24) is 15.2 Å². The van der Waals surface area contributed by atoms with Crippen LogP contribution in [-0.2, 0) is 13.0 Å². The standard InChI is InChI=1S/C16H21N3O.C2H6/c1-2-3-9-17-16(20)19-10-8-13-12-6-4-5-7-14(12)18-15(13)11-19;1-2/h4-7,18H,2-3,8-11H2,1H3,(H,17,20);1-2H3. The first-order chi connectivity index (χ1) is 10.8. The zero-order valence-corrected chi connectivity index (χ0v) is 13.9. The van der Waals surface area contributed by atoms with Gasteiger partial charge in [0, 0.05) is 29.7 Å². The molecule has 2 aromatic rings. The second kappa shape index (κ2) is 7.87. The Labute approximate surface area is 132 Å². The van der Waals surface area contributed by atoms with Gasteiger partial charge in [0.25, 0.3) is 0 Å². The van der Waals surface area contributed by atoms with E-state index >= 15 is 0 Å². The third-order valence-electron chi connectivity index (χ3n) is 3.98. The predicted octanol–water partition coefficient (Wildman–Crippen LogP) is 4.06. The molecule has 1 aromatic carbocycles. The molecule has 4 nitrogen and oxygen atoms in total. The van der Waals surface area contributed by atoms with Gasteiger partial charge >= 0.3 is 6.03 Å². The van der Waals surface area contributed by atoms with Crippen molar-refractivity contribution in [3.8, 4) is 0 Å². The monoisotopic (exact) mass is 301 g/mol. The quantitative estimate of drug-likeness (QED) is 0.825. The summed E-state index contributed by atoms with van der Waals surface area (Å²) >= 11 is 0. The number of urea groups is 1. The molecule has 0 radical (unpaired) electrons. The summed E-state index contributed by atoms with van der Waals surface area (Å²) < 4.78 is 0. The third-order valence-corrected chi connectivity index (χ3v) is 3.98. The molecule has 2 heterocycles. The zero-order chi connectivity index (χ0) is 15.9. The lowest BCUT2D eigenvalue weighted by molar-refractivity contribution is 0.191. The molecule has 0 bridgehead atoms. The van der Waals surface area contributed by atoms with Crippen molar-refractivity contribution in [3.05, 3.63) is 35.5 Å². The first-order valence-corrected chi connectivity index (χ1v) is 8.41. The largest absolute Gasteiger partial charge is 0.357 e. The van der Waals surface area contributed by atoms with Crippen LogP contribution in [0, 0.1) is 0 Å². The molecule has 0 atom stereocenters. The topological polar surface area (TPSA) is 48.1 Å². The molecule has 0 aliphatic carbocycles. The van der Waals surface area contributed by atoms with Gasteiger partial charge in [0.2, 0.25) is 0 Å². The Balaban J connectivity index is 0.000000847. The molecule has 120 valence electrons. The van der Waals surface area contributed by atoms with Crippen LogP contribution in [0.2, 0.25) is 0 Å². The predicted molar refractivity (Wildman–Crippen MR) is 92.1 cm³/mol. The number of fused-ring (bicyclic) bond motifs is 3. The maximum Gasteiger partial charge on any atom is 0.317 e. The zero-order valence-electron chi connectivity index (χ0n) is 13.9. The lowest BCUT2D eigenvalue weighted by Gasteiger charge is -2.27. The fraction of sp³-hybridized carbons (Fsp3) is 0.500. The number of para-hydroxylation sites is 1. The SMILES string of the molecule is CC.CCCCNC(=O)N1CCc2c([nH]c3ccccc23)C1. The lowest BCUT2D eigenvalue weighted by atomic mass is 10.0. The third kappa shape index (κ3) is 3.43. The number of nitrogens with zero attached hydrogens (tertiary/aromatic N) is 1. The van der Waals surface area contributed by atoms with Crippen LogP contribution in [0.15, 0.2) is 24.3 Å². The number of hydrogen-bond acceptors (Lipinski definition) is 1. The van der Waals surface area contributed by atoms with E-state index in [1.54, 1.807) is 0 Å². The van der Waals surface area contributed by atoms with Crippen LogP contribution in [0.4, 0.5) is 4.79 Å². The summed E-state index contributed by atoms with van der Waals surface area (Å²) in [6, 6.07) is 8.42. The van der Waals surface area contributed by atoms with Gasteiger partial charge in [-0.2, -0.15) is 0 Å². The lowest BCUT2D eigenvalue weighted by Crippen LogP contribution is -2.43. The molecule has 0 saturated heterocycles. The minimum absolute atomic E-state index is 0.0581. The van der Waals surface area contributed by atoms with Crippen LogP contribution in [0.1, 0.15) is 44.9 Å². The van der Waals surface area contributed by atoms with Gasteiger partial charge in [-0.3, -0.25) is 0 Å². The van der Waals surface area contributed by atoms with Gasteiger partial charge in [0.1, 0.15) is 0 Å². The number of unbranched alkanes of at least 4 members (excludes halogenated alkanes) is 1. The Bertz CT molecular complexity index is 618. The number of nitrogens with one attached hydrogen (secondary N) is 2. The molecular weight excluding hydrogens is 274 g/mol. The second-order valence-corrected chi connectivity index (χ2v) is 5.38. The van der Waals surface area contributed by atoms with Crippen molar-refractivity contribution in [2.45, 2.75) is 46.6 Å². The van der Waals surface area contributed by atoms with E-state index in [0.29, 0.717) is 6.54 Å². The minimum Gasteiger partial charge on any atom is -0.357 e. The molecule has 1 aromatic heterocycles. The van der Waals surface area contributed by atoms with Gasteiger partial charge < -0.3 is 15.2 Å². The number of H-pyrrole nitrogens is 1. The fourth-order valence-corrected chi connectivity index (χ4v) is 2.85. The van der Waals surface area contributed by atoms with Gasteiger partial charge in [0.05, 0.1) is 6.54 Å². The number of aromatic nitrogens is 1. The van der Waals surface area contributed by atoms with Gasteiger partial charge in [-0.1, -0.05) is 45.4 Å². The molecular formula is C18H27N3O. The normalized spacial score (nSPS) is 13.3. The van der Waals surface area contributed by atoms with Crippen LogP contribution in [0.5, 0.6) is 0 Å². The highest BCUT2D eigenvalue weighted by atomic mass is 16.2. The summed E-state index contributed by atoms with van der Waals surface area (Å²) in [4.78, 5) is 17.4. The smallest absolute Gasteiger partial charge is 0.317 e. The van der Waals surface area contributed by atoms with E-state index in [4.69, 9.17) is 0 Å². The van der Waals surface area contributed by atoms with Crippen LogP contribution in [-0.4, -0.2) is 29.0 Å². The number of aromatic amines is 1. The number of amides is 2. The molecule has 22 heavy (non-hydrogen) atoms. The van der Waals surface area contributed by atoms with Crippen molar-refractivity contribution in [2.75, 3.05) is 13.1 Å². The average Bonchev–Trinajstić information content (AvgIpc) is 2.94. The summed E-state index contributed by atoms with van der Waals surface area (Å²) in [5.74, 6) is 0. The van der Waals surface area contributed by atoms with Crippen LogP contribution < -0.4 is 5.32 Å². The molecule has 0 fully saturated rings. The average molecular weight is 301 g/mol. The molecule has 1 aliphatic rings. The van der Waals surface area contributed by atoms with Crippen LogP contribution >= 0.6 is 0 Å². The van der Waals surface area contributed by atoms with Gasteiger partial charge in [0.15, 0.2) is 0 Å². The first kappa shape index (κ1) is 16.4. The minimum atomic E-state index is 0.0581. The van der Waals surface area contributed by atoms with Crippen molar-refractivity contribution in [2.24, 2.45) is 0 Å². The van der Waals surface area contributed by atoms with E-state index < -0.39 is 0 Å². The molecule has 4 heteroatoms. The molecule has 0 unspecified atom stereocenters. The number of carbonyl (C=O) groups excluding carboxylic acids is 1. The maximum absolute atomic E-state index is 12.1. The molecule has 1 aliphatic heterocycles. The van der Waals surface area contributed by atoms with E-state index in [0.717, 1.165) is 32.4 Å². The van der Waals surface area contributed by atoms with Crippen molar-refractivity contribution >= 4 is 16.9 Å². The Morgan fingerprint density at radius 2 is 2.09 bits per heavy atom. The Hall–Kier alpha value is -1.97. The first-order valence-electron chi connectivity index (χ1n) is 8.41. The maximum atomic E-state index is 12.1. The van der Waals surface area contributed by atoms with E-state index in [-0.39, 0.29) is 6.03 Å². The number of carbonyl (C=O) groups is 1. The van der Waals surface area contributed by atoms with E-state index in [9.17, 15) is 4.79 Å². The van der Waals surface area contributed by atoms with E-state index in [1.165, 1.54) is 22.2 Å². The fourth-order valence-electron chi connectivity index (χ4n) is 2.85.